The Morgan fingerprint density at radius 3 is 2.37 bits per heavy atom. The Kier molecular flexibility index (Phi) is 10.4. The van der Waals surface area contributed by atoms with Gasteiger partial charge in [0.15, 0.2) is 5.78 Å². The monoisotopic (exact) mass is 529 g/mol. The molecule has 1 aliphatic heterocycles. The number of carbonyl (C=O) groups is 4. The first kappa shape index (κ1) is 29.8. The van der Waals surface area contributed by atoms with Crippen molar-refractivity contribution < 1.29 is 29.0 Å². The average molecular weight is 530 g/mol. The van der Waals surface area contributed by atoms with Crippen LogP contribution < -0.4 is 16.0 Å². The zero-order valence-electron chi connectivity index (χ0n) is 22.9. The Hall–Kier alpha value is -2.78. The van der Waals surface area contributed by atoms with E-state index >= 15 is 0 Å². The lowest BCUT2D eigenvalue weighted by Crippen LogP contribution is -2.56. The lowest BCUT2D eigenvalue weighted by Gasteiger charge is -2.27. The summed E-state index contributed by atoms with van der Waals surface area (Å²) in [6, 6.07) is -2.59. The highest BCUT2D eigenvalue weighted by Gasteiger charge is 2.50. The quantitative estimate of drug-likeness (QED) is 0.164. The van der Waals surface area contributed by atoms with Crippen LogP contribution in [0.2, 0.25) is 0 Å². The van der Waals surface area contributed by atoms with E-state index < -0.39 is 35.5 Å². The van der Waals surface area contributed by atoms with Gasteiger partial charge in [-0.05, 0) is 72.1 Å². The minimum atomic E-state index is -0.976. The van der Waals surface area contributed by atoms with Crippen molar-refractivity contribution in [3.63, 3.8) is 0 Å². The van der Waals surface area contributed by atoms with E-state index in [-0.39, 0.29) is 30.1 Å². The molecule has 0 spiro atoms. The van der Waals surface area contributed by atoms with Gasteiger partial charge in [-0.15, -0.1) is 0 Å². The van der Waals surface area contributed by atoms with Gasteiger partial charge in [-0.1, -0.05) is 36.0 Å². The molecule has 9 heteroatoms. The van der Waals surface area contributed by atoms with E-state index in [1.54, 1.807) is 26.0 Å². The minimum Gasteiger partial charge on any atom is -0.393 e. The van der Waals surface area contributed by atoms with Crippen LogP contribution in [0.3, 0.4) is 0 Å². The molecule has 0 radical (unpaired) electrons. The number of aliphatic hydroxyl groups is 1. The third-order valence-corrected chi connectivity index (χ3v) is 7.65. The van der Waals surface area contributed by atoms with Gasteiger partial charge < -0.3 is 25.8 Å². The molecule has 210 valence electrons. The summed E-state index contributed by atoms with van der Waals surface area (Å²) in [6.07, 6.45) is 11.0. The Balaban J connectivity index is 1.66. The maximum Gasteiger partial charge on any atom is 0.243 e. The van der Waals surface area contributed by atoms with Crippen molar-refractivity contribution in [1.82, 2.24) is 16.0 Å². The molecule has 4 atom stereocenters. The Morgan fingerprint density at radius 2 is 1.79 bits per heavy atom. The van der Waals surface area contributed by atoms with Crippen LogP contribution in [0.1, 0.15) is 78.6 Å². The van der Waals surface area contributed by atoms with Crippen LogP contribution >= 0.6 is 0 Å². The lowest BCUT2D eigenvalue weighted by molar-refractivity contribution is -0.134. The van der Waals surface area contributed by atoms with Gasteiger partial charge in [0.1, 0.15) is 17.7 Å². The smallest absolute Gasteiger partial charge is 0.243 e. The number of ether oxygens (including phenoxy) is 1. The van der Waals surface area contributed by atoms with Crippen LogP contribution in [0, 0.1) is 5.92 Å². The number of epoxide rings is 1. The molecule has 4 N–H and O–H groups in total. The maximum atomic E-state index is 13.5. The molecule has 38 heavy (non-hydrogen) atoms. The first-order valence-electron chi connectivity index (χ1n) is 13.8. The standard InChI is InChI=1S/C29H43N3O6/c1-5-8-18(2)15-24(32-26(35)19(3)30-27(36)21-11-13-22(33)14-12-21)28(37)31-23(16-20-9-6-7-10-20)25(34)29(4)17-38-29/h5,8-9,19,21-24,33H,2,6-7,10-17H2,1,3-4H3,(H,30,36)(H,31,37)(H,32,35)/b8-5-/t19-,21?,22?,23+,24+,29-/m1/s1. The molecule has 3 amide bonds. The number of rotatable bonds is 13. The third kappa shape index (κ3) is 8.36. The number of Topliss-reactive ketones (excluding diaryl/α,β-unsaturated/α-hetero) is 1. The predicted molar refractivity (Wildman–Crippen MR) is 144 cm³/mol. The van der Waals surface area contributed by atoms with Gasteiger partial charge in [-0.3, -0.25) is 19.2 Å². The fraction of sp³-hybridized carbons (Fsp3) is 0.655. The number of hydrogen-bond donors (Lipinski definition) is 4. The average Bonchev–Trinajstić information content (AvgIpc) is 3.41. The molecule has 1 heterocycles. The number of ketones is 1. The van der Waals surface area contributed by atoms with Crippen LogP contribution in [0.15, 0.2) is 36.0 Å². The van der Waals surface area contributed by atoms with E-state index in [1.807, 2.05) is 6.92 Å². The van der Waals surface area contributed by atoms with Gasteiger partial charge in [0.25, 0.3) is 0 Å². The van der Waals surface area contributed by atoms with E-state index in [0.717, 1.165) is 24.8 Å². The summed E-state index contributed by atoms with van der Waals surface area (Å²) < 4.78 is 5.36. The zero-order chi connectivity index (χ0) is 27.9. The van der Waals surface area contributed by atoms with Gasteiger partial charge in [-0.25, -0.2) is 0 Å². The molecule has 0 aromatic heterocycles. The summed E-state index contributed by atoms with van der Waals surface area (Å²) >= 11 is 0. The SMILES string of the molecule is C=C(/C=C\C)C[C@H](NC(=O)[C@@H](C)NC(=O)C1CCC(O)CC1)C(=O)N[C@@H](CC1=CCCC1)C(=O)[C@@]1(C)CO1. The van der Waals surface area contributed by atoms with Crippen molar-refractivity contribution in [3.05, 3.63) is 36.0 Å². The molecule has 0 bridgehead atoms. The van der Waals surface area contributed by atoms with Crippen molar-refractivity contribution in [2.24, 2.45) is 5.92 Å². The van der Waals surface area contributed by atoms with E-state index in [9.17, 15) is 24.3 Å². The molecule has 0 aromatic rings. The lowest BCUT2D eigenvalue weighted by atomic mass is 9.87. The highest BCUT2D eigenvalue weighted by atomic mass is 16.6. The van der Waals surface area contributed by atoms with E-state index in [4.69, 9.17) is 4.74 Å². The van der Waals surface area contributed by atoms with Gasteiger partial charge in [0, 0.05) is 12.3 Å². The Labute approximate surface area is 225 Å². The van der Waals surface area contributed by atoms with Crippen LogP contribution in [0.5, 0.6) is 0 Å². The third-order valence-electron chi connectivity index (χ3n) is 7.65. The fourth-order valence-electron chi connectivity index (χ4n) is 5.09. The first-order valence-corrected chi connectivity index (χ1v) is 13.8. The van der Waals surface area contributed by atoms with Crippen molar-refractivity contribution in [2.45, 2.75) is 108 Å². The number of hydrogen-bond acceptors (Lipinski definition) is 6. The summed E-state index contributed by atoms with van der Waals surface area (Å²) in [4.78, 5) is 52.3. The normalized spacial score (nSPS) is 27.1. The van der Waals surface area contributed by atoms with Crippen LogP contribution in [0.4, 0.5) is 0 Å². The second-order valence-corrected chi connectivity index (χ2v) is 11.1. The van der Waals surface area contributed by atoms with E-state index in [0.29, 0.717) is 44.3 Å². The summed E-state index contributed by atoms with van der Waals surface area (Å²) in [5, 5.41) is 18.1. The molecule has 3 rings (SSSR count). The summed E-state index contributed by atoms with van der Waals surface area (Å²) in [7, 11) is 0. The first-order chi connectivity index (χ1) is 18.0. The molecule has 1 saturated heterocycles. The Morgan fingerprint density at radius 1 is 1.13 bits per heavy atom. The van der Waals surface area contributed by atoms with Crippen molar-refractivity contribution in [2.75, 3.05) is 6.61 Å². The van der Waals surface area contributed by atoms with E-state index in [2.05, 4.69) is 28.6 Å². The number of amides is 3. The second-order valence-electron chi connectivity index (χ2n) is 11.1. The fourth-order valence-corrected chi connectivity index (χ4v) is 5.09. The largest absolute Gasteiger partial charge is 0.393 e. The number of nitrogens with one attached hydrogen (secondary N) is 3. The highest BCUT2D eigenvalue weighted by molar-refractivity contribution is 5.98. The maximum absolute atomic E-state index is 13.5. The molecule has 0 unspecified atom stereocenters. The number of allylic oxidation sites excluding steroid dienone is 3. The summed E-state index contributed by atoms with van der Waals surface area (Å²) in [5.41, 5.74) is 0.890. The Bertz CT molecular complexity index is 975. The van der Waals surface area contributed by atoms with Gasteiger partial charge >= 0.3 is 0 Å². The molecule has 2 aliphatic carbocycles. The number of carbonyl (C=O) groups excluding carboxylic acids is 4. The molecular formula is C29H43N3O6. The van der Waals surface area contributed by atoms with Crippen molar-refractivity contribution >= 4 is 23.5 Å². The molecule has 0 aromatic carbocycles. The van der Waals surface area contributed by atoms with E-state index in [1.165, 1.54) is 0 Å². The molecule has 2 fully saturated rings. The minimum absolute atomic E-state index is 0.153. The molecular weight excluding hydrogens is 486 g/mol. The van der Waals surface area contributed by atoms with Gasteiger partial charge in [-0.2, -0.15) is 0 Å². The zero-order valence-corrected chi connectivity index (χ0v) is 22.9. The number of aliphatic hydroxyl groups excluding tert-OH is 1. The highest BCUT2D eigenvalue weighted by Crippen LogP contribution is 2.31. The van der Waals surface area contributed by atoms with Crippen molar-refractivity contribution in [3.8, 4) is 0 Å². The molecule has 9 nitrogen and oxygen atoms in total. The van der Waals surface area contributed by atoms with Crippen molar-refractivity contribution in [1.29, 1.82) is 0 Å². The van der Waals surface area contributed by atoms with Crippen LogP contribution in [0.25, 0.3) is 0 Å². The second kappa shape index (κ2) is 13.3. The summed E-state index contributed by atoms with van der Waals surface area (Å²) in [6.45, 7) is 9.44. The molecule has 1 saturated carbocycles. The van der Waals surface area contributed by atoms with Gasteiger partial charge in [0.05, 0.1) is 18.8 Å². The van der Waals surface area contributed by atoms with Crippen LogP contribution in [-0.4, -0.2) is 65.0 Å². The predicted octanol–water partition coefficient (Wildman–Crippen LogP) is 2.39. The van der Waals surface area contributed by atoms with Crippen LogP contribution in [-0.2, 0) is 23.9 Å². The summed E-state index contributed by atoms with van der Waals surface area (Å²) in [5.74, 6) is -1.63. The topological polar surface area (TPSA) is 137 Å². The molecule has 3 aliphatic rings. The van der Waals surface area contributed by atoms with Gasteiger partial charge in [0.2, 0.25) is 17.7 Å².